The molecule has 0 unspecified atom stereocenters. The first kappa shape index (κ1) is 10.2. The van der Waals surface area contributed by atoms with E-state index in [1.165, 1.54) is 0 Å². The molecule has 0 radical (unpaired) electrons. The summed E-state index contributed by atoms with van der Waals surface area (Å²) in [5.41, 5.74) is 0.503. The molecule has 0 saturated heterocycles. The maximum absolute atomic E-state index is 10.8. The SMILES string of the molecule is O=CC(=O)Cc1c(Cl)cccc1Cl. The molecular formula is C9H6Cl2O2. The molecule has 68 valence electrons. The highest BCUT2D eigenvalue weighted by Crippen LogP contribution is 2.24. The van der Waals surface area contributed by atoms with Gasteiger partial charge in [0.05, 0.1) is 0 Å². The standard InChI is InChI=1S/C9H6Cl2O2/c10-8-2-1-3-9(11)7(8)4-6(13)5-12/h1-3,5H,4H2. The van der Waals surface area contributed by atoms with Crippen LogP contribution in [0.5, 0.6) is 0 Å². The summed E-state index contributed by atoms with van der Waals surface area (Å²) in [4.78, 5) is 20.9. The van der Waals surface area contributed by atoms with Crippen molar-refractivity contribution < 1.29 is 9.59 Å². The molecule has 0 saturated carbocycles. The van der Waals surface area contributed by atoms with Crippen molar-refractivity contribution in [3.05, 3.63) is 33.8 Å². The van der Waals surface area contributed by atoms with E-state index in [1.807, 2.05) is 0 Å². The van der Waals surface area contributed by atoms with Gasteiger partial charge in [-0.2, -0.15) is 0 Å². The van der Waals surface area contributed by atoms with Gasteiger partial charge in [0, 0.05) is 16.5 Å². The molecule has 13 heavy (non-hydrogen) atoms. The van der Waals surface area contributed by atoms with Crippen LogP contribution in [0.25, 0.3) is 0 Å². The van der Waals surface area contributed by atoms with Crippen molar-refractivity contribution in [1.82, 2.24) is 0 Å². The predicted molar refractivity (Wildman–Crippen MR) is 51.2 cm³/mol. The first-order valence-electron chi connectivity index (χ1n) is 3.56. The van der Waals surface area contributed by atoms with Crippen molar-refractivity contribution in [3.8, 4) is 0 Å². The molecule has 0 aliphatic carbocycles. The van der Waals surface area contributed by atoms with Crippen LogP contribution in [0.2, 0.25) is 10.0 Å². The molecule has 0 atom stereocenters. The first-order valence-corrected chi connectivity index (χ1v) is 4.31. The Kier molecular flexibility index (Phi) is 3.46. The monoisotopic (exact) mass is 216 g/mol. The lowest BCUT2D eigenvalue weighted by Crippen LogP contribution is -2.04. The number of aldehydes is 1. The second kappa shape index (κ2) is 4.40. The Morgan fingerprint density at radius 2 is 1.85 bits per heavy atom. The molecule has 1 aromatic carbocycles. The lowest BCUT2D eigenvalue weighted by molar-refractivity contribution is -0.129. The summed E-state index contributed by atoms with van der Waals surface area (Å²) in [7, 11) is 0. The van der Waals surface area contributed by atoms with Crippen molar-refractivity contribution in [2.24, 2.45) is 0 Å². The number of hydrogen-bond acceptors (Lipinski definition) is 2. The molecule has 0 spiro atoms. The topological polar surface area (TPSA) is 34.1 Å². The average molecular weight is 217 g/mol. The van der Waals surface area contributed by atoms with Crippen molar-refractivity contribution in [2.45, 2.75) is 6.42 Å². The van der Waals surface area contributed by atoms with Gasteiger partial charge in [-0.1, -0.05) is 29.3 Å². The zero-order valence-electron chi connectivity index (χ0n) is 6.59. The third kappa shape index (κ3) is 2.54. The van der Waals surface area contributed by atoms with Crippen LogP contribution in [-0.2, 0) is 16.0 Å². The van der Waals surface area contributed by atoms with Crippen molar-refractivity contribution >= 4 is 35.3 Å². The van der Waals surface area contributed by atoms with Crippen LogP contribution >= 0.6 is 23.2 Å². The van der Waals surface area contributed by atoms with E-state index in [0.717, 1.165) is 0 Å². The molecular weight excluding hydrogens is 211 g/mol. The Balaban J connectivity index is 2.99. The van der Waals surface area contributed by atoms with Crippen LogP contribution in [0.1, 0.15) is 5.56 Å². The lowest BCUT2D eigenvalue weighted by atomic mass is 10.1. The number of rotatable bonds is 3. The van der Waals surface area contributed by atoms with E-state index in [-0.39, 0.29) is 12.7 Å². The minimum atomic E-state index is -0.532. The minimum Gasteiger partial charge on any atom is -0.295 e. The van der Waals surface area contributed by atoms with E-state index in [9.17, 15) is 9.59 Å². The number of ketones is 1. The fourth-order valence-electron chi connectivity index (χ4n) is 0.917. The second-order valence-electron chi connectivity index (χ2n) is 2.46. The lowest BCUT2D eigenvalue weighted by Gasteiger charge is -2.02. The van der Waals surface area contributed by atoms with Gasteiger partial charge in [0.1, 0.15) is 0 Å². The molecule has 4 heteroatoms. The van der Waals surface area contributed by atoms with Crippen LogP contribution in [0.3, 0.4) is 0 Å². The maximum atomic E-state index is 10.8. The zero-order valence-corrected chi connectivity index (χ0v) is 8.10. The summed E-state index contributed by atoms with van der Waals surface area (Å²) in [6.45, 7) is 0. The van der Waals surface area contributed by atoms with Gasteiger partial charge in [-0.25, -0.2) is 0 Å². The van der Waals surface area contributed by atoms with E-state index >= 15 is 0 Å². The smallest absolute Gasteiger partial charge is 0.199 e. The van der Waals surface area contributed by atoms with E-state index < -0.39 is 5.78 Å². The Hall–Kier alpha value is -0.860. The van der Waals surface area contributed by atoms with Gasteiger partial charge in [-0.15, -0.1) is 0 Å². The quantitative estimate of drug-likeness (QED) is 0.575. The number of carbonyl (C=O) groups is 2. The highest BCUT2D eigenvalue weighted by atomic mass is 35.5. The van der Waals surface area contributed by atoms with E-state index in [4.69, 9.17) is 23.2 Å². The Labute approximate surface area is 85.5 Å². The second-order valence-corrected chi connectivity index (χ2v) is 3.28. The average Bonchev–Trinajstić information content (AvgIpc) is 2.11. The molecule has 0 amide bonds. The molecule has 0 N–H and O–H groups in total. The normalized spacial score (nSPS) is 9.69. The molecule has 2 nitrogen and oxygen atoms in total. The highest BCUT2D eigenvalue weighted by molar-refractivity contribution is 6.37. The summed E-state index contributed by atoms with van der Waals surface area (Å²) in [6, 6.07) is 4.93. The van der Waals surface area contributed by atoms with Crippen LogP contribution < -0.4 is 0 Å². The molecule has 0 bridgehead atoms. The summed E-state index contributed by atoms with van der Waals surface area (Å²) in [6.07, 6.45) is 0.224. The van der Waals surface area contributed by atoms with Crippen molar-refractivity contribution in [3.63, 3.8) is 0 Å². The Morgan fingerprint density at radius 1 is 1.31 bits per heavy atom. The predicted octanol–water partition coefficient (Wildman–Crippen LogP) is 2.30. The van der Waals surface area contributed by atoms with Gasteiger partial charge < -0.3 is 0 Å². The number of benzene rings is 1. The van der Waals surface area contributed by atoms with E-state index in [2.05, 4.69) is 0 Å². The van der Waals surface area contributed by atoms with Gasteiger partial charge in [-0.3, -0.25) is 9.59 Å². The van der Waals surface area contributed by atoms with Crippen LogP contribution in [0.15, 0.2) is 18.2 Å². The first-order chi connectivity index (χ1) is 6.15. The third-order valence-corrected chi connectivity index (χ3v) is 2.25. The van der Waals surface area contributed by atoms with Gasteiger partial charge in [-0.05, 0) is 17.7 Å². The van der Waals surface area contributed by atoms with Gasteiger partial charge in [0.25, 0.3) is 0 Å². The zero-order chi connectivity index (χ0) is 9.84. The maximum Gasteiger partial charge on any atom is 0.199 e. The fourth-order valence-corrected chi connectivity index (χ4v) is 1.45. The van der Waals surface area contributed by atoms with Crippen LogP contribution in [0, 0.1) is 0 Å². The summed E-state index contributed by atoms with van der Waals surface area (Å²) in [5, 5.41) is 0.811. The largest absolute Gasteiger partial charge is 0.295 e. The van der Waals surface area contributed by atoms with Gasteiger partial charge in [0.2, 0.25) is 0 Å². The summed E-state index contributed by atoms with van der Waals surface area (Å²) < 4.78 is 0. The van der Waals surface area contributed by atoms with E-state index in [0.29, 0.717) is 15.6 Å². The fraction of sp³-hybridized carbons (Fsp3) is 0.111. The number of halogens is 2. The van der Waals surface area contributed by atoms with Crippen LogP contribution in [-0.4, -0.2) is 12.1 Å². The molecule has 0 aliphatic rings. The van der Waals surface area contributed by atoms with Crippen LogP contribution in [0.4, 0.5) is 0 Å². The Morgan fingerprint density at radius 3 is 2.31 bits per heavy atom. The number of carbonyl (C=O) groups excluding carboxylic acids is 2. The van der Waals surface area contributed by atoms with E-state index in [1.54, 1.807) is 18.2 Å². The third-order valence-electron chi connectivity index (χ3n) is 1.54. The molecule has 1 aromatic rings. The molecule has 0 aromatic heterocycles. The molecule has 0 fully saturated rings. The number of hydrogen-bond donors (Lipinski definition) is 0. The molecule has 0 aliphatic heterocycles. The van der Waals surface area contributed by atoms with Crippen molar-refractivity contribution in [2.75, 3.05) is 0 Å². The molecule has 1 rings (SSSR count). The highest BCUT2D eigenvalue weighted by Gasteiger charge is 2.09. The minimum absolute atomic E-state index is 0.0397. The number of Topliss-reactive ketones (excluding diaryl/α,β-unsaturated/α-hetero) is 1. The Bertz CT molecular complexity index is 327. The van der Waals surface area contributed by atoms with Gasteiger partial charge >= 0.3 is 0 Å². The summed E-state index contributed by atoms with van der Waals surface area (Å²) in [5.74, 6) is -0.532. The van der Waals surface area contributed by atoms with Gasteiger partial charge in [0.15, 0.2) is 12.1 Å². The van der Waals surface area contributed by atoms with Crippen molar-refractivity contribution in [1.29, 1.82) is 0 Å². The summed E-state index contributed by atoms with van der Waals surface area (Å²) >= 11 is 11.6. The molecule has 0 heterocycles.